The fourth-order valence-electron chi connectivity index (χ4n) is 1.16. The molecule has 0 aliphatic heterocycles. The molecular weight excluding hydrogens is 452 g/mol. The predicted octanol–water partition coefficient (Wildman–Crippen LogP) is -3.06. The van der Waals surface area contributed by atoms with Crippen molar-refractivity contribution < 1.29 is 44.7 Å². The molecule has 1 heterocycles. The van der Waals surface area contributed by atoms with Crippen molar-refractivity contribution in [2.24, 2.45) is 22.9 Å². The van der Waals surface area contributed by atoms with E-state index >= 15 is 0 Å². The lowest BCUT2D eigenvalue weighted by atomic mass is 10.2. The van der Waals surface area contributed by atoms with Gasteiger partial charge in [0, 0.05) is 12.6 Å². The van der Waals surface area contributed by atoms with E-state index in [9.17, 15) is 19.2 Å². The van der Waals surface area contributed by atoms with Gasteiger partial charge in [-0.3, -0.25) is 19.2 Å². The quantitative estimate of drug-likeness (QED) is 0.157. The van der Waals surface area contributed by atoms with Crippen molar-refractivity contribution in [1.82, 2.24) is 9.97 Å². The third-order valence-corrected chi connectivity index (χ3v) is 3.58. The van der Waals surface area contributed by atoms with Crippen LogP contribution >= 0.6 is 11.8 Å². The summed E-state index contributed by atoms with van der Waals surface area (Å²) < 4.78 is 0. The minimum atomic E-state index is -1.18. The Kier molecular flexibility index (Phi) is 22.7. The maximum absolute atomic E-state index is 10.3. The number of carbonyl (C=O) groups is 4. The number of hydrogen-bond donors (Lipinski definition) is 10. The Morgan fingerprint density at radius 2 is 1.47 bits per heavy atom. The van der Waals surface area contributed by atoms with E-state index in [-0.39, 0.29) is 13.0 Å². The summed E-state index contributed by atoms with van der Waals surface area (Å²) in [6.45, 7) is -0.782. The fourth-order valence-corrected chi connectivity index (χ4v) is 1.65. The first-order valence-corrected chi connectivity index (χ1v) is 10.2. The summed E-state index contributed by atoms with van der Waals surface area (Å²) in [6, 6.07) is -2.67. The molecule has 0 aliphatic carbocycles. The van der Waals surface area contributed by atoms with Gasteiger partial charge in [-0.1, -0.05) is 0 Å². The molecule has 0 aromatic carbocycles. The second kappa shape index (κ2) is 21.5. The van der Waals surface area contributed by atoms with Gasteiger partial charge in [0.25, 0.3) is 0 Å². The number of hydrogen-bond acceptors (Lipinski definition) is 11. The highest BCUT2D eigenvalue weighted by Gasteiger charge is 2.12. The van der Waals surface area contributed by atoms with Crippen LogP contribution in [-0.4, -0.2) is 103 Å². The van der Waals surface area contributed by atoms with Crippen molar-refractivity contribution in [2.75, 3.05) is 25.2 Å². The zero-order chi connectivity index (χ0) is 25.7. The molecule has 1 aromatic heterocycles. The van der Waals surface area contributed by atoms with Crippen LogP contribution in [0.4, 0.5) is 0 Å². The predicted molar refractivity (Wildman–Crippen MR) is 116 cm³/mol. The number of aliphatic hydroxyl groups is 1. The molecule has 0 saturated heterocycles. The van der Waals surface area contributed by atoms with E-state index in [0.29, 0.717) is 12.1 Å². The average Bonchev–Trinajstić information content (AvgIpc) is 3.25. The molecule has 1 aromatic rings. The Bertz CT molecular complexity index is 648. The zero-order valence-electron chi connectivity index (χ0n) is 17.5. The molecule has 3 atom stereocenters. The molecule has 0 fully saturated rings. The summed E-state index contributed by atoms with van der Waals surface area (Å²) in [7, 11) is 0. The fraction of sp³-hybridized carbons (Fsp3) is 0.562. The van der Waals surface area contributed by atoms with Crippen molar-refractivity contribution in [3.8, 4) is 0 Å². The first kappa shape index (κ1) is 33.9. The third-order valence-electron chi connectivity index (χ3n) is 2.94. The second-order valence-electron chi connectivity index (χ2n) is 5.66. The number of H-pyrrole nitrogens is 1. The number of thioether (sulfide) groups is 1. The number of imidazole rings is 1. The number of aliphatic hydroxyl groups excluding tert-OH is 1. The summed E-state index contributed by atoms with van der Waals surface area (Å²) in [6.07, 6.45) is 5.86. The topological polar surface area (TPSA) is 302 Å². The van der Waals surface area contributed by atoms with Crippen LogP contribution in [0.15, 0.2) is 12.5 Å². The Morgan fingerprint density at radius 1 is 1.00 bits per heavy atom. The van der Waals surface area contributed by atoms with Crippen LogP contribution in [0.5, 0.6) is 0 Å². The Balaban J connectivity index is -0.000000365. The lowest BCUT2D eigenvalue weighted by Crippen LogP contribution is -2.33. The van der Waals surface area contributed by atoms with E-state index in [1.807, 2.05) is 6.26 Å². The van der Waals surface area contributed by atoms with Crippen LogP contribution in [0.25, 0.3) is 0 Å². The summed E-state index contributed by atoms with van der Waals surface area (Å²) >= 11 is 1.60. The van der Waals surface area contributed by atoms with Crippen LogP contribution in [0.1, 0.15) is 12.1 Å². The minimum Gasteiger partial charge on any atom is -0.480 e. The standard InChI is InChI=1S/C6H9N3O2.C5H11NO2S.C3H7NO3.C2H5NO2/c7-5(6(10)11)1-4-2-8-3-9-4;1-9-3-2-4(6)5(7)8;4-2(1-5)3(6)7;3-1-2(4)5/h2-3,5H,1,7H2,(H,8,9)(H,10,11);4H,2-3,6H2,1H3,(H,7,8);2,5H,1,4H2,(H,6,7);1,3H2,(H,4,5)/t5-;4-;2-;/m000./s1. The second-order valence-corrected chi connectivity index (χ2v) is 6.65. The molecular formula is C16H32N6O9S. The highest BCUT2D eigenvalue weighted by Crippen LogP contribution is 1.98. The number of nitrogens with two attached hydrogens (primary N) is 4. The van der Waals surface area contributed by atoms with E-state index < -0.39 is 48.6 Å². The number of aliphatic carboxylic acids is 4. The number of nitrogens with one attached hydrogen (secondary N) is 1. The molecule has 0 spiro atoms. The van der Waals surface area contributed by atoms with Crippen molar-refractivity contribution in [1.29, 1.82) is 0 Å². The number of nitrogens with zero attached hydrogens (tertiary/aromatic N) is 1. The van der Waals surface area contributed by atoms with Gasteiger partial charge in [-0.25, -0.2) is 4.98 Å². The summed E-state index contributed by atoms with van der Waals surface area (Å²) in [5, 5.41) is 40.2. The van der Waals surface area contributed by atoms with Crippen LogP contribution in [0, 0.1) is 0 Å². The van der Waals surface area contributed by atoms with Crippen molar-refractivity contribution >= 4 is 35.6 Å². The highest BCUT2D eigenvalue weighted by molar-refractivity contribution is 7.98. The van der Waals surface area contributed by atoms with E-state index in [1.165, 1.54) is 6.33 Å². The number of carboxylic acids is 4. The maximum Gasteiger partial charge on any atom is 0.322 e. The van der Waals surface area contributed by atoms with Gasteiger partial charge in [-0.15, -0.1) is 0 Å². The normalized spacial score (nSPS) is 12.2. The smallest absolute Gasteiger partial charge is 0.322 e. The lowest BCUT2D eigenvalue weighted by molar-refractivity contribution is -0.140. The van der Waals surface area contributed by atoms with E-state index in [4.69, 9.17) is 42.7 Å². The highest BCUT2D eigenvalue weighted by atomic mass is 32.2. The molecule has 0 unspecified atom stereocenters. The molecule has 14 N–H and O–H groups in total. The van der Waals surface area contributed by atoms with Gasteiger partial charge >= 0.3 is 23.9 Å². The summed E-state index contributed by atoms with van der Waals surface area (Å²) in [5.74, 6) is -3.25. The monoisotopic (exact) mass is 484 g/mol. The molecule has 0 amide bonds. The molecule has 0 saturated carbocycles. The minimum absolute atomic E-state index is 0.263. The van der Waals surface area contributed by atoms with Gasteiger partial charge < -0.3 is 53.5 Å². The van der Waals surface area contributed by atoms with Crippen LogP contribution in [-0.2, 0) is 25.6 Å². The first-order chi connectivity index (χ1) is 14.8. The van der Waals surface area contributed by atoms with Crippen LogP contribution < -0.4 is 22.9 Å². The summed E-state index contributed by atoms with van der Waals surface area (Å²) in [4.78, 5) is 45.8. The van der Waals surface area contributed by atoms with Gasteiger partial charge in [0.1, 0.15) is 18.1 Å². The molecule has 0 radical (unpaired) electrons. The Labute approximate surface area is 188 Å². The lowest BCUT2D eigenvalue weighted by Gasteiger charge is -2.02. The SMILES string of the molecule is CSCC[C@H](N)C(=O)O.NCC(=O)O.N[C@@H](CO)C(=O)O.N[C@@H](Cc1c[nH]cn1)C(=O)O. The number of aromatic nitrogens is 2. The van der Waals surface area contributed by atoms with E-state index in [1.54, 1.807) is 18.0 Å². The van der Waals surface area contributed by atoms with Gasteiger partial charge in [-0.2, -0.15) is 11.8 Å². The van der Waals surface area contributed by atoms with E-state index in [0.717, 1.165) is 5.75 Å². The largest absolute Gasteiger partial charge is 0.480 e. The summed E-state index contributed by atoms with van der Waals surface area (Å²) in [5.41, 5.74) is 20.4. The van der Waals surface area contributed by atoms with Gasteiger partial charge in [-0.05, 0) is 18.4 Å². The van der Waals surface area contributed by atoms with Gasteiger partial charge in [0.05, 0.1) is 25.2 Å². The van der Waals surface area contributed by atoms with Crippen molar-refractivity contribution in [3.05, 3.63) is 18.2 Å². The first-order valence-electron chi connectivity index (χ1n) is 8.78. The molecule has 16 heteroatoms. The number of aromatic amines is 1. The van der Waals surface area contributed by atoms with Crippen LogP contribution in [0.2, 0.25) is 0 Å². The van der Waals surface area contributed by atoms with Crippen molar-refractivity contribution in [3.63, 3.8) is 0 Å². The van der Waals surface area contributed by atoms with E-state index in [2.05, 4.69) is 15.7 Å². The average molecular weight is 485 g/mol. The van der Waals surface area contributed by atoms with Crippen LogP contribution in [0.3, 0.4) is 0 Å². The molecule has 32 heavy (non-hydrogen) atoms. The number of carboxylic acid groups (broad SMARTS) is 4. The molecule has 0 aliphatic rings. The zero-order valence-corrected chi connectivity index (χ0v) is 18.3. The van der Waals surface area contributed by atoms with Gasteiger partial charge in [0.15, 0.2) is 0 Å². The van der Waals surface area contributed by atoms with Gasteiger partial charge in [0.2, 0.25) is 0 Å². The Hall–Kier alpha value is -2.76. The maximum atomic E-state index is 10.3. The number of rotatable bonds is 10. The third kappa shape index (κ3) is 23.5. The molecule has 1 rings (SSSR count). The molecule has 15 nitrogen and oxygen atoms in total. The molecule has 186 valence electrons. The Morgan fingerprint density at radius 3 is 1.72 bits per heavy atom. The van der Waals surface area contributed by atoms with Crippen molar-refractivity contribution in [2.45, 2.75) is 31.0 Å². The molecule has 0 bridgehead atoms.